The zero-order valence-corrected chi connectivity index (χ0v) is 8.55. The van der Waals surface area contributed by atoms with Crippen LogP contribution in [0.15, 0.2) is 11.1 Å². The first-order valence-corrected chi connectivity index (χ1v) is 5.56. The smallest absolute Gasteiger partial charge is 0.0590 e. The van der Waals surface area contributed by atoms with Crippen molar-refractivity contribution in [2.75, 3.05) is 0 Å². The molecule has 2 heterocycles. The summed E-state index contributed by atoms with van der Waals surface area (Å²) in [5.74, 6) is 1.72. The maximum atomic E-state index is 5.97. The Morgan fingerprint density at radius 3 is 1.62 bits per heavy atom. The molecule has 0 atom stereocenters. The number of allylic oxidation sites excluding steroid dienone is 2. The van der Waals surface area contributed by atoms with Gasteiger partial charge in [-0.05, 0) is 51.4 Å². The van der Waals surface area contributed by atoms with Gasteiger partial charge in [0.25, 0.3) is 0 Å². The van der Waals surface area contributed by atoms with E-state index in [-0.39, 0.29) is 0 Å². The van der Waals surface area contributed by atoms with Crippen LogP contribution < -0.4 is 0 Å². The van der Waals surface area contributed by atoms with Gasteiger partial charge >= 0.3 is 0 Å². The molecular formula is C12H18O. The lowest BCUT2D eigenvalue weighted by molar-refractivity contribution is -0.103. The number of hydrogen-bond acceptors (Lipinski definition) is 1. The van der Waals surface area contributed by atoms with E-state index in [9.17, 15) is 0 Å². The summed E-state index contributed by atoms with van der Waals surface area (Å²) in [6, 6.07) is 0. The van der Waals surface area contributed by atoms with Gasteiger partial charge < -0.3 is 4.74 Å². The predicted octanol–water partition coefficient (Wildman–Crippen LogP) is 2.91. The molecular weight excluding hydrogens is 160 g/mol. The van der Waals surface area contributed by atoms with Gasteiger partial charge in [-0.3, -0.25) is 0 Å². The highest BCUT2D eigenvalue weighted by Crippen LogP contribution is 2.47. The minimum atomic E-state index is 0.592. The topological polar surface area (TPSA) is 9.23 Å². The lowest BCUT2D eigenvalue weighted by Crippen LogP contribution is -2.38. The van der Waals surface area contributed by atoms with Crippen molar-refractivity contribution in [1.29, 1.82) is 0 Å². The van der Waals surface area contributed by atoms with Crippen LogP contribution in [0.5, 0.6) is 0 Å². The molecule has 0 unspecified atom stereocenters. The van der Waals surface area contributed by atoms with E-state index in [1.807, 2.05) is 0 Å². The van der Waals surface area contributed by atoms with Crippen molar-refractivity contribution in [2.24, 2.45) is 11.8 Å². The molecule has 2 aliphatic carbocycles. The van der Waals surface area contributed by atoms with Crippen LogP contribution in [0.3, 0.4) is 0 Å². The molecule has 0 aromatic heterocycles. The van der Waals surface area contributed by atoms with Gasteiger partial charge in [0.05, 0.1) is 12.2 Å². The monoisotopic (exact) mass is 178 g/mol. The van der Waals surface area contributed by atoms with E-state index in [1.165, 1.54) is 25.7 Å². The van der Waals surface area contributed by atoms with Gasteiger partial charge in [-0.25, -0.2) is 0 Å². The molecule has 0 saturated carbocycles. The molecule has 1 nitrogen and oxygen atoms in total. The van der Waals surface area contributed by atoms with Gasteiger partial charge in [-0.2, -0.15) is 0 Å². The fourth-order valence-electron chi connectivity index (χ4n) is 3.50. The Morgan fingerprint density at radius 2 is 1.23 bits per heavy atom. The second-order valence-electron chi connectivity index (χ2n) is 5.08. The summed E-state index contributed by atoms with van der Waals surface area (Å²) in [5, 5.41) is 0. The Hall–Kier alpha value is -0.300. The first-order valence-electron chi connectivity index (χ1n) is 5.56. The van der Waals surface area contributed by atoms with Crippen LogP contribution in [0, 0.1) is 11.8 Å². The van der Waals surface area contributed by atoms with Crippen molar-refractivity contribution in [3.05, 3.63) is 11.1 Å². The Bertz CT molecular complexity index is 228. The molecule has 0 spiro atoms. The van der Waals surface area contributed by atoms with Crippen molar-refractivity contribution >= 4 is 0 Å². The summed E-state index contributed by atoms with van der Waals surface area (Å²) < 4.78 is 5.97. The van der Waals surface area contributed by atoms with Crippen LogP contribution in [0.2, 0.25) is 0 Å². The van der Waals surface area contributed by atoms with E-state index in [2.05, 4.69) is 13.8 Å². The van der Waals surface area contributed by atoms with E-state index in [1.54, 1.807) is 11.1 Å². The van der Waals surface area contributed by atoms with E-state index in [4.69, 9.17) is 4.74 Å². The summed E-state index contributed by atoms with van der Waals surface area (Å²) >= 11 is 0. The molecule has 4 bridgehead atoms. The molecule has 2 aliphatic heterocycles. The van der Waals surface area contributed by atoms with Gasteiger partial charge in [-0.1, -0.05) is 11.1 Å². The Morgan fingerprint density at radius 1 is 0.846 bits per heavy atom. The maximum absolute atomic E-state index is 5.97. The summed E-state index contributed by atoms with van der Waals surface area (Å²) in [5.41, 5.74) is 3.39. The summed E-state index contributed by atoms with van der Waals surface area (Å²) in [7, 11) is 0. The predicted molar refractivity (Wildman–Crippen MR) is 52.5 cm³/mol. The molecule has 13 heavy (non-hydrogen) atoms. The molecule has 72 valence electrons. The zero-order chi connectivity index (χ0) is 9.00. The molecule has 2 fully saturated rings. The fraction of sp³-hybridized carbons (Fsp3) is 0.833. The van der Waals surface area contributed by atoms with Crippen molar-refractivity contribution in [3.63, 3.8) is 0 Å². The number of ether oxygens (including phenoxy) is 1. The maximum Gasteiger partial charge on any atom is 0.0590 e. The summed E-state index contributed by atoms with van der Waals surface area (Å²) in [4.78, 5) is 0. The molecule has 2 saturated heterocycles. The molecule has 0 N–H and O–H groups in total. The highest BCUT2D eigenvalue weighted by atomic mass is 16.5. The molecule has 0 amide bonds. The second kappa shape index (κ2) is 2.60. The van der Waals surface area contributed by atoms with Gasteiger partial charge in [0, 0.05) is 0 Å². The Kier molecular flexibility index (Phi) is 1.61. The van der Waals surface area contributed by atoms with Crippen LogP contribution in [0.25, 0.3) is 0 Å². The normalized spacial score (nSPS) is 48.5. The zero-order valence-electron chi connectivity index (χ0n) is 8.55. The summed E-state index contributed by atoms with van der Waals surface area (Å²) in [6.45, 7) is 4.70. The highest BCUT2D eigenvalue weighted by Gasteiger charge is 2.41. The third-order valence-electron chi connectivity index (χ3n) is 4.42. The average Bonchev–Trinajstić information content (AvgIpc) is 2.23. The van der Waals surface area contributed by atoms with Crippen LogP contribution in [0.4, 0.5) is 0 Å². The van der Waals surface area contributed by atoms with Gasteiger partial charge in [0.2, 0.25) is 0 Å². The van der Waals surface area contributed by atoms with Gasteiger partial charge in [0.1, 0.15) is 0 Å². The third kappa shape index (κ3) is 1.10. The standard InChI is InChI=1S/C12H18O/c1-7-8(2)10-5-11-3-9(7)4-12(6-10)13-11/h9-12H,3-6H2,1-2H3. The Labute approximate surface area is 80.2 Å². The molecule has 4 rings (SSSR count). The van der Waals surface area contributed by atoms with Crippen LogP contribution >= 0.6 is 0 Å². The van der Waals surface area contributed by atoms with Gasteiger partial charge in [0.15, 0.2) is 0 Å². The number of rotatable bonds is 0. The van der Waals surface area contributed by atoms with Crippen molar-refractivity contribution < 1.29 is 4.74 Å². The third-order valence-corrected chi connectivity index (χ3v) is 4.42. The largest absolute Gasteiger partial charge is 0.375 e. The first-order chi connectivity index (χ1) is 6.24. The van der Waals surface area contributed by atoms with Crippen molar-refractivity contribution in [1.82, 2.24) is 0 Å². The molecule has 4 aliphatic rings. The van der Waals surface area contributed by atoms with Crippen molar-refractivity contribution in [3.8, 4) is 0 Å². The average molecular weight is 178 g/mol. The van der Waals surface area contributed by atoms with E-state index < -0.39 is 0 Å². The second-order valence-corrected chi connectivity index (χ2v) is 5.08. The summed E-state index contributed by atoms with van der Waals surface area (Å²) in [6.07, 6.45) is 6.39. The lowest BCUT2D eigenvalue weighted by Gasteiger charge is -2.39. The van der Waals surface area contributed by atoms with Crippen LogP contribution in [-0.4, -0.2) is 12.2 Å². The van der Waals surface area contributed by atoms with E-state index in [0.717, 1.165) is 11.8 Å². The highest BCUT2D eigenvalue weighted by molar-refractivity contribution is 5.22. The molecule has 0 radical (unpaired) electrons. The Balaban J connectivity index is 2.03. The quantitative estimate of drug-likeness (QED) is 0.518. The SMILES string of the molecule is CC1=C(C)C2CC3CC1CC(C2)O3. The van der Waals surface area contributed by atoms with E-state index in [0.29, 0.717) is 12.2 Å². The minimum Gasteiger partial charge on any atom is -0.375 e. The van der Waals surface area contributed by atoms with Crippen molar-refractivity contribution in [2.45, 2.75) is 51.7 Å². The van der Waals surface area contributed by atoms with E-state index >= 15 is 0 Å². The van der Waals surface area contributed by atoms with Gasteiger partial charge in [-0.15, -0.1) is 0 Å². The van der Waals surface area contributed by atoms with Crippen LogP contribution in [-0.2, 0) is 4.74 Å². The number of hydrogen-bond donors (Lipinski definition) is 0. The van der Waals surface area contributed by atoms with Crippen LogP contribution in [0.1, 0.15) is 39.5 Å². The molecule has 0 aromatic carbocycles. The fourth-order valence-corrected chi connectivity index (χ4v) is 3.50. The lowest BCUT2D eigenvalue weighted by atomic mass is 9.82. The minimum absolute atomic E-state index is 0.592. The first kappa shape index (κ1) is 8.05. The molecule has 1 heteroatoms. The molecule has 0 aromatic rings.